The Morgan fingerprint density at radius 2 is 1.91 bits per heavy atom. The molecular weight excluding hydrogens is 274 g/mol. The van der Waals surface area contributed by atoms with E-state index in [1.807, 2.05) is 43.3 Å². The second-order valence-corrected chi connectivity index (χ2v) is 5.37. The Bertz CT molecular complexity index is 605. The van der Waals surface area contributed by atoms with Crippen molar-refractivity contribution in [1.29, 1.82) is 0 Å². The Kier molecular flexibility index (Phi) is 6.01. The quantitative estimate of drug-likeness (QED) is 0.771. The number of benzene rings is 2. The van der Waals surface area contributed by atoms with Crippen LogP contribution >= 0.6 is 0 Å². The SMILES string of the molecule is CCc1ccc(OCCCC(=O)Nc2cccc(C)c2)cc1. The van der Waals surface area contributed by atoms with Crippen LogP contribution in [-0.4, -0.2) is 12.5 Å². The molecule has 3 heteroatoms. The van der Waals surface area contributed by atoms with Gasteiger partial charge in [-0.05, 0) is 55.2 Å². The van der Waals surface area contributed by atoms with Gasteiger partial charge in [0.2, 0.25) is 5.91 Å². The second kappa shape index (κ2) is 8.23. The highest BCUT2D eigenvalue weighted by molar-refractivity contribution is 5.90. The van der Waals surface area contributed by atoms with Gasteiger partial charge in [-0.15, -0.1) is 0 Å². The third kappa shape index (κ3) is 5.24. The predicted octanol–water partition coefficient (Wildman–Crippen LogP) is 4.36. The lowest BCUT2D eigenvalue weighted by atomic mass is 10.2. The fourth-order valence-electron chi connectivity index (χ4n) is 2.19. The standard InChI is InChI=1S/C19H23NO2/c1-3-16-9-11-18(12-10-16)22-13-5-8-19(21)20-17-7-4-6-15(2)14-17/h4,6-7,9-12,14H,3,5,8,13H2,1-2H3,(H,20,21). The monoisotopic (exact) mass is 297 g/mol. The number of nitrogens with one attached hydrogen (secondary N) is 1. The topological polar surface area (TPSA) is 38.3 Å². The molecule has 0 heterocycles. The van der Waals surface area contributed by atoms with Gasteiger partial charge in [0.15, 0.2) is 0 Å². The average Bonchev–Trinajstić information content (AvgIpc) is 2.52. The van der Waals surface area contributed by atoms with Gasteiger partial charge in [0.05, 0.1) is 6.61 Å². The van der Waals surface area contributed by atoms with Crippen molar-refractivity contribution in [3.63, 3.8) is 0 Å². The maximum atomic E-state index is 11.9. The van der Waals surface area contributed by atoms with Crippen LogP contribution in [0.25, 0.3) is 0 Å². The lowest BCUT2D eigenvalue weighted by Gasteiger charge is -2.08. The van der Waals surface area contributed by atoms with Crippen molar-refractivity contribution < 1.29 is 9.53 Å². The summed E-state index contributed by atoms with van der Waals surface area (Å²) in [7, 11) is 0. The van der Waals surface area contributed by atoms with Crippen LogP contribution < -0.4 is 10.1 Å². The zero-order valence-corrected chi connectivity index (χ0v) is 13.3. The number of ether oxygens (including phenoxy) is 1. The number of rotatable bonds is 7. The van der Waals surface area contributed by atoms with Gasteiger partial charge in [0.25, 0.3) is 0 Å². The van der Waals surface area contributed by atoms with Gasteiger partial charge >= 0.3 is 0 Å². The Morgan fingerprint density at radius 1 is 1.14 bits per heavy atom. The molecule has 0 aliphatic heterocycles. The lowest BCUT2D eigenvalue weighted by Crippen LogP contribution is -2.12. The van der Waals surface area contributed by atoms with Gasteiger partial charge in [-0.25, -0.2) is 0 Å². The zero-order valence-electron chi connectivity index (χ0n) is 13.3. The molecule has 2 rings (SSSR count). The normalized spacial score (nSPS) is 10.3. The summed E-state index contributed by atoms with van der Waals surface area (Å²) in [4.78, 5) is 11.9. The zero-order chi connectivity index (χ0) is 15.8. The van der Waals surface area contributed by atoms with E-state index in [0.29, 0.717) is 19.4 Å². The number of hydrogen-bond donors (Lipinski definition) is 1. The molecule has 0 bridgehead atoms. The highest BCUT2D eigenvalue weighted by atomic mass is 16.5. The van der Waals surface area contributed by atoms with E-state index in [0.717, 1.165) is 23.4 Å². The van der Waals surface area contributed by atoms with Gasteiger partial charge in [-0.3, -0.25) is 4.79 Å². The molecule has 3 nitrogen and oxygen atoms in total. The maximum Gasteiger partial charge on any atom is 0.224 e. The van der Waals surface area contributed by atoms with E-state index in [1.54, 1.807) is 0 Å². The van der Waals surface area contributed by atoms with Crippen molar-refractivity contribution in [2.45, 2.75) is 33.1 Å². The molecule has 2 aromatic carbocycles. The van der Waals surface area contributed by atoms with Crippen LogP contribution in [0.15, 0.2) is 48.5 Å². The average molecular weight is 297 g/mol. The van der Waals surface area contributed by atoms with Crippen LogP contribution in [0.2, 0.25) is 0 Å². The Labute approximate surface area is 132 Å². The summed E-state index contributed by atoms with van der Waals surface area (Å²) in [6, 6.07) is 15.9. The number of anilines is 1. The molecule has 0 saturated heterocycles. The van der Waals surface area contributed by atoms with Gasteiger partial charge in [-0.1, -0.05) is 31.2 Å². The van der Waals surface area contributed by atoms with E-state index >= 15 is 0 Å². The van der Waals surface area contributed by atoms with Gasteiger partial charge in [0.1, 0.15) is 5.75 Å². The second-order valence-electron chi connectivity index (χ2n) is 5.37. The number of hydrogen-bond acceptors (Lipinski definition) is 2. The summed E-state index contributed by atoms with van der Waals surface area (Å²) in [5, 5.41) is 2.90. The van der Waals surface area contributed by atoms with Crippen molar-refractivity contribution in [3.8, 4) is 5.75 Å². The third-order valence-corrected chi connectivity index (χ3v) is 3.45. The fourth-order valence-corrected chi connectivity index (χ4v) is 2.19. The molecule has 0 saturated carbocycles. The number of carbonyl (C=O) groups excluding carboxylic acids is 1. The van der Waals surface area contributed by atoms with Crippen LogP contribution in [0.3, 0.4) is 0 Å². The predicted molar refractivity (Wildman–Crippen MR) is 90.4 cm³/mol. The largest absolute Gasteiger partial charge is 0.494 e. The van der Waals surface area contributed by atoms with E-state index in [1.165, 1.54) is 5.56 Å². The molecule has 0 atom stereocenters. The molecule has 2 aromatic rings. The van der Waals surface area contributed by atoms with Gasteiger partial charge in [-0.2, -0.15) is 0 Å². The van der Waals surface area contributed by atoms with Crippen LogP contribution in [-0.2, 0) is 11.2 Å². The Hall–Kier alpha value is -2.29. The summed E-state index contributed by atoms with van der Waals surface area (Å²) in [5.74, 6) is 0.881. The van der Waals surface area contributed by atoms with Crippen molar-refractivity contribution in [2.24, 2.45) is 0 Å². The van der Waals surface area contributed by atoms with Crippen LogP contribution in [0, 0.1) is 6.92 Å². The summed E-state index contributed by atoms with van der Waals surface area (Å²) in [6.45, 7) is 4.68. The number of carbonyl (C=O) groups is 1. The molecule has 0 spiro atoms. The fraction of sp³-hybridized carbons (Fsp3) is 0.316. The van der Waals surface area contributed by atoms with E-state index in [4.69, 9.17) is 4.74 Å². The minimum Gasteiger partial charge on any atom is -0.494 e. The molecular formula is C19H23NO2. The minimum atomic E-state index is 0.0236. The number of aryl methyl sites for hydroxylation is 2. The molecule has 0 aromatic heterocycles. The molecule has 1 amide bonds. The first-order chi connectivity index (χ1) is 10.7. The van der Waals surface area contributed by atoms with E-state index in [-0.39, 0.29) is 5.91 Å². The smallest absolute Gasteiger partial charge is 0.224 e. The molecule has 0 radical (unpaired) electrons. The molecule has 0 aliphatic rings. The van der Waals surface area contributed by atoms with Gasteiger partial charge < -0.3 is 10.1 Å². The highest BCUT2D eigenvalue weighted by Gasteiger charge is 2.03. The first-order valence-electron chi connectivity index (χ1n) is 7.75. The number of amides is 1. The van der Waals surface area contributed by atoms with Crippen molar-refractivity contribution in [1.82, 2.24) is 0 Å². The summed E-state index contributed by atoms with van der Waals surface area (Å²) in [5.41, 5.74) is 3.28. The highest BCUT2D eigenvalue weighted by Crippen LogP contribution is 2.13. The van der Waals surface area contributed by atoms with Crippen LogP contribution in [0.5, 0.6) is 5.75 Å². The lowest BCUT2D eigenvalue weighted by molar-refractivity contribution is -0.116. The Morgan fingerprint density at radius 3 is 2.59 bits per heavy atom. The molecule has 1 N–H and O–H groups in total. The first kappa shape index (κ1) is 16.1. The van der Waals surface area contributed by atoms with Crippen LogP contribution in [0.4, 0.5) is 5.69 Å². The molecule has 22 heavy (non-hydrogen) atoms. The van der Waals surface area contributed by atoms with Crippen molar-refractivity contribution in [2.75, 3.05) is 11.9 Å². The summed E-state index contributed by atoms with van der Waals surface area (Å²) < 4.78 is 5.65. The molecule has 0 aliphatic carbocycles. The summed E-state index contributed by atoms with van der Waals surface area (Å²) >= 11 is 0. The molecule has 116 valence electrons. The van der Waals surface area contributed by atoms with Crippen LogP contribution in [0.1, 0.15) is 30.9 Å². The van der Waals surface area contributed by atoms with E-state index < -0.39 is 0 Å². The van der Waals surface area contributed by atoms with Crippen molar-refractivity contribution in [3.05, 3.63) is 59.7 Å². The van der Waals surface area contributed by atoms with Gasteiger partial charge in [0, 0.05) is 12.1 Å². The van der Waals surface area contributed by atoms with E-state index in [9.17, 15) is 4.79 Å². The first-order valence-corrected chi connectivity index (χ1v) is 7.75. The van der Waals surface area contributed by atoms with E-state index in [2.05, 4.69) is 24.4 Å². The summed E-state index contributed by atoms with van der Waals surface area (Å²) in [6.07, 6.45) is 2.19. The maximum absolute atomic E-state index is 11.9. The Balaban J connectivity index is 1.68. The molecule has 0 unspecified atom stereocenters. The van der Waals surface area contributed by atoms with Crippen molar-refractivity contribution >= 4 is 11.6 Å². The minimum absolute atomic E-state index is 0.0236. The third-order valence-electron chi connectivity index (χ3n) is 3.45. The molecule has 0 fully saturated rings.